The molecule has 0 saturated carbocycles. The molecule has 0 aliphatic carbocycles. The Bertz CT molecular complexity index is 1470. The number of fused-ring (bicyclic) bond motifs is 1. The van der Waals surface area contributed by atoms with Gasteiger partial charge in [0, 0.05) is 38.1 Å². The third-order valence-corrected chi connectivity index (χ3v) is 8.71. The van der Waals surface area contributed by atoms with E-state index in [9.17, 15) is 31.1 Å². The van der Waals surface area contributed by atoms with Crippen molar-refractivity contribution >= 4 is 57.4 Å². The molecule has 0 radical (unpaired) electrons. The molecule has 14 heteroatoms. The fourth-order valence-corrected chi connectivity index (χ4v) is 5.59. The fourth-order valence-electron chi connectivity index (χ4n) is 4.74. The molecule has 0 bridgehead atoms. The van der Waals surface area contributed by atoms with Gasteiger partial charge in [0.05, 0.1) is 32.7 Å². The molecule has 1 amide bonds. The first kappa shape index (κ1) is 31.6. The van der Waals surface area contributed by atoms with Crippen molar-refractivity contribution in [3.8, 4) is 0 Å². The fraction of sp³-hybridized carbons (Fsp3) is 0.481. The van der Waals surface area contributed by atoms with Crippen LogP contribution in [0.5, 0.6) is 0 Å². The molecule has 3 aromatic rings. The van der Waals surface area contributed by atoms with Crippen LogP contribution in [0, 0.1) is 11.3 Å². The Morgan fingerprint density at radius 3 is 2.39 bits per heavy atom. The zero-order valence-corrected chi connectivity index (χ0v) is 24.5. The minimum absolute atomic E-state index is 0.0695. The Hall–Kier alpha value is -2.37. The largest absolute Gasteiger partial charge is 0.402 e. The first-order valence-electron chi connectivity index (χ1n) is 12.7. The standard InChI is InChI=1S/C27H27Cl3F6N4O/c1-25(2,27(34,35)36)24(41)37-12-14-6-7-17(28)16(23(14)30)9-22-38-19-10-18(29)20(11-21(19)39(22)3)40-8-4-5-15(13-40)26(31,32)33/h6-7,10-11,15H,4-5,8-9,12-13H2,1-3H3,(H,37,41). The third-order valence-electron chi connectivity index (χ3n) is 7.58. The normalized spacial score (nSPS) is 16.9. The summed E-state index contributed by atoms with van der Waals surface area (Å²) in [6.45, 7) is 1.59. The molecule has 1 saturated heterocycles. The summed E-state index contributed by atoms with van der Waals surface area (Å²) >= 11 is 19.5. The van der Waals surface area contributed by atoms with Crippen molar-refractivity contribution in [3.05, 3.63) is 56.3 Å². The van der Waals surface area contributed by atoms with Crippen LogP contribution in [-0.4, -0.2) is 40.9 Å². The van der Waals surface area contributed by atoms with Crippen LogP contribution in [0.3, 0.4) is 0 Å². The number of carbonyl (C=O) groups excluding carboxylic acids is 1. The highest BCUT2D eigenvalue weighted by Gasteiger charge is 2.52. The molecule has 2 aromatic carbocycles. The highest BCUT2D eigenvalue weighted by Crippen LogP contribution is 2.40. The van der Waals surface area contributed by atoms with Crippen molar-refractivity contribution in [2.24, 2.45) is 18.4 Å². The van der Waals surface area contributed by atoms with E-state index in [-0.39, 0.29) is 41.0 Å². The van der Waals surface area contributed by atoms with Gasteiger partial charge in [-0.3, -0.25) is 4.79 Å². The van der Waals surface area contributed by atoms with Crippen molar-refractivity contribution in [1.82, 2.24) is 14.9 Å². The monoisotopic (exact) mass is 642 g/mol. The topological polar surface area (TPSA) is 50.2 Å². The van der Waals surface area contributed by atoms with Gasteiger partial charge in [0.25, 0.3) is 0 Å². The molecule has 1 aliphatic heterocycles. The van der Waals surface area contributed by atoms with Gasteiger partial charge in [0.15, 0.2) is 0 Å². The first-order chi connectivity index (χ1) is 18.9. The van der Waals surface area contributed by atoms with Gasteiger partial charge in [-0.1, -0.05) is 40.9 Å². The first-order valence-corrected chi connectivity index (χ1v) is 13.8. The molecule has 5 nitrogen and oxygen atoms in total. The average molecular weight is 644 g/mol. The van der Waals surface area contributed by atoms with Crippen molar-refractivity contribution in [1.29, 1.82) is 0 Å². The number of imidazole rings is 1. The lowest BCUT2D eigenvalue weighted by atomic mass is 9.91. The molecule has 2 heterocycles. The Morgan fingerprint density at radius 1 is 1.07 bits per heavy atom. The number of carbonyl (C=O) groups is 1. The summed E-state index contributed by atoms with van der Waals surface area (Å²) < 4.78 is 81.6. The van der Waals surface area contributed by atoms with E-state index in [0.29, 0.717) is 46.6 Å². The van der Waals surface area contributed by atoms with Gasteiger partial charge in [-0.05, 0) is 56.0 Å². The van der Waals surface area contributed by atoms with Gasteiger partial charge < -0.3 is 14.8 Å². The lowest BCUT2D eigenvalue weighted by Crippen LogP contribution is -2.46. The molecule has 41 heavy (non-hydrogen) atoms. The molecule has 1 unspecified atom stereocenters. The van der Waals surface area contributed by atoms with Crippen molar-refractivity contribution in [2.45, 2.75) is 52.0 Å². The second-order valence-corrected chi connectivity index (χ2v) is 11.9. The Balaban J connectivity index is 1.60. The van der Waals surface area contributed by atoms with Crippen LogP contribution in [0.1, 0.15) is 43.6 Å². The average Bonchev–Trinajstić information content (AvgIpc) is 3.17. The van der Waals surface area contributed by atoms with Gasteiger partial charge in [-0.15, -0.1) is 0 Å². The van der Waals surface area contributed by atoms with E-state index < -0.39 is 29.6 Å². The number of nitrogens with zero attached hydrogens (tertiary/aromatic N) is 3. The summed E-state index contributed by atoms with van der Waals surface area (Å²) in [4.78, 5) is 18.5. The summed E-state index contributed by atoms with van der Waals surface area (Å²) in [5.41, 5.74) is -0.138. The number of piperidine rings is 1. The number of aryl methyl sites for hydroxylation is 1. The molecule has 1 N–H and O–H groups in total. The number of rotatable bonds is 6. The van der Waals surface area contributed by atoms with Crippen LogP contribution in [0.15, 0.2) is 24.3 Å². The van der Waals surface area contributed by atoms with E-state index in [2.05, 4.69) is 10.3 Å². The van der Waals surface area contributed by atoms with Crippen LogP contribution >= 0.6 is 34.8 Å². The predicted molar refractivity (Wildman–Crippen MR) is 148 cm³/mol. The molecular weight excluding hydrogens is 617 g/mol. The Labute approximate surface area is 247 Å². The number of aromatic nitrogens is 2. The second-order valence-electron chi connectivity index (χ2n) is 10.7. The number of benzene rings is 2. The molecule has 1 aromatic heterocycles. The van der Waals surface area contributed by atoms with Crippen LogP contribution in [0.25, 0.3) is 11.0 Å². The van der Waals surface area contributed by atoms with Crippen molar-refractivity contribution in [2.75, 3.05) is 18.0 Å². The summed E-state index contributed by atoms with van der Waals surface area (Å²) in [5.74, 6) is -2.12. The molecule has 4 rings (SSSR count). The van der Waals surface area contributed by atoms with Crippen molar-refractivity contribution in [3.63, 3.8) is 0 Å². The number of amides is 1. The summed E-state index contributed by atoms with van der Waals surface area (Å²) in [6, 6.07) is 6.36. The number of alkyl halides is 6. The van der Waals surface area contributed by atoms with Gasteiger partial charge in [0.2, 0.25) is 5.91 Å². The van der Waals surface area contributed by atoms with E-state index in [1.54, 1.807) is 28.6 Å². The highest BCUT2D eigenvalue weighted by molar-refractivity contribution is 6.36. The Morgan fingerprint density at radius 2 is 1.76 bits per heavy atom. The second kappa shape index (κ2) is 11.4. The lowest BCUT2D eigenvalue weighted by Gasteiger charge is -2.35. The number of anilines is 1. The highest BCUT2D eigenvalue weighted by atomic mass is 35.5. The number of hydrogen-bond donors (Lipinski definition) is 1. The number of halogens is 9. The van der Waals surface area contributed by atoms with Crippen LogP contribution < -0.4 is 10.2 Å². The van der Waals surface area contributed by atoms with Gasteiger partial charge in [-0.25, -0.2) is 4.98 Å². The maximum absolute atomic E-state index is 13.4. The third kappa shape index (κ3) is 6.37. The van der Waals surface area contributed by atoms with E-state index in [1.165, 1.54) is 12.1 Å². The number of hydrogen-bond acceptors (Lipinski definition) is 3. The zero-order chi connectivity index (χ0) is 30.5. The maximum Gasteiger partial charge on any atom is 0.402 e. The summed E-state index contributed by atoms with van der Waals surface area (Å²) in [7, 11) is 1.74. The van der Waals surface area contributed by atoms with E-state index in [1.807, 2.05) is 0 Å². The number of nitrogens with one attached hydrogen (secondary N) is 1. The van der Waals surface area contributed by atoms with Crippen LogP contribution in [0.2, 0.25) is 15.1 Å². The van der Waals surface area contributed by atoms with Crippen LogP contribution in [-0.2, 0) is 24.8 Å². The molecule has 224 valence electrons. The minimum atomic E-state index is -4.73. The quantitative estimate of drug-likeness (QED) is 0.276. The molecule has 1 fully saturated rings. The van der Waals surface area contributed by atoms with Gasteiger partial charge >= 0.3 is 12.4 Å². The zero-order valence-electron chi connectivity index (χ0n) is 22.3. The molecular formula is C27H27Cl3F6N4O. The predicted octanol–water partition coefficient (Wildman–Crippen LogP) is 8.11. The molecule has 1 atom stereocenters. The maximum atomic E-state index is 13.4. The van der Waals surface area contributed by atoms with Gasteiger partial charge in [0.1, 0.15) is 11.2 Å². The van der Waals surface area contributed by atoms with Crippen LogP contribution in [0.4, 0.5) is 32.0 Å². The molecule has 1 aliphatic rings. The Kier molecular flexibility index (Phi) is 8.76. The van der Waals surface area contributed by atoms with E-state index >= 15 is 0 Å². The van der Waals surface area contributed by atoms with Crippen molar-refractivity contribution < 1.29 is 31.1 Å². The minimum Gasteiger partial charge on any atom is -0.370 e. The lowest BCUT2D eigenvalue weighted by molar-refractivity contribution is -0.211. The summed E-state index contributed by atoms with van der Waals surface area (Å²) in [5, 5.41) is 3.02. The van der Waals surface area contributed by atoms with Gasteiger partial charge in [-0.2, -0.15) is 26.3 Å². The van der Waals surface area contributed by atoms with E-state index in [0.717, 1.165) is 13.8 Å². The summed E-state index contributed by atoms with van der Waals surface area (Å²) in [6.07, 6.45) is -8.44. The smallest absolute Gasteiger partial charge is 0.370 e. The SMILES string of the molecule is Cn1c(Cc2c(Cl)ccc(CNC(=O)C(C)(C)C(F)(F)F)c2Cl)nc2cc(Cl)c(N3CCCC(C(F)(F)F)C3)cc21. The van der Waals surface area contributed by atoms with E-state index in [4.69, 9.17) is 34.8 Å². The molecule has 0 spiro atoms.